The average Bonchev–Trinajstić information content (AvgIpc) is 3.53. The molecule has 0 bridgehead atoms. The second-order valence-corrected chi connectivity index (χ2v) is 8.08. The van der Waals surface area contributed by atoms with Crippen LogP contribution in [0.15, 0.2) is 53.9 Å². The van der Waals surface area contributed by atoms with Crippen molar-refractivity contribution in [3.8, 4) is 16.9 Å². The number of para-hydroxylation sites is 1. The van der Waals surface area contributed by atoms with Crippen molar-refractivity contribution < 1.29 is 14.3 Å². The molecule has 7 N–H and O–H groups in total. The van der Waals surface area contributed by atoms with E-state index in [0.717, 1.165) is 24.0 Å². The van der Waals surface area contributed by atoms with Crippen LogP contribution in [0.1, 0.15) is 32.7 Å². The SMILES string of the molecule is CNC(=O)/C(N)=C(/C=C(\N)NC(=O)C1CC1)Nc1cccc(-c2cnn(C(C)C)c2)c1OC. The lowest BCUT2D eigenvalue weighted by molar-refractivity contribution is -0.121. The maximum absolute atomic E-state index is 12.2. The summed E-state index contributed by atoms with van der Waals surface area (Å²) in [5, 5.41) is 12.7. The highest BCUT2D eigenvalue weighted by Gasteiger charge is 2.29. The number of aromatic nitrogens is 2. The van der Waals surface area contributed by atoms with E-state index in [2.05, 4.69) is 21.0 Å². The number of hydrogen-bond donors (Lipinski definition) is 5. The lowest BCUT2D eigenvalue weighted by atomic mass is 10.1. The highest BCUT2D eigenvalue weighted by Crippen LogP contribution is 2.37. The van der Waals surface area contributed by atoms with Gasteiger partial charge < -0.3 is 32.2 Å². The molecule has 3 rings (SSSR count). The lowest BCUT2D eigenvalue weighted by Gasteiger charge is -2.17. The second kappa shape index (κ2) is 10.1. The Kier molecular flexibility index (Phi) is 7.27. The summed E-state index contributed by atoms with van der Waals surface area (Å²) in [4.78, 5) is 24.3. The van der Waals surface area contributed by atoms with Crippen molar-refractivity contribution in [1.82, 2.24) is 20.4 Å². The van der Waals surface area contributed by atoms with Crippen LogP contribution in [0.4, 0.5) is 5.69 Å². The molecule has 10 nitrogen and oxygen atoms in total. The lowest BCUT2D eigenvalue weighted by Crippen LogP contribution is -2.31. The third-order valence-electron chi connectivity index (χ3n) is 5.21. The van der Waals surface area contributed by atoms with E-state index in [1.54, 1.807) is 19.4 Å². The number of nitrogens with two attached hydrogens (primary N) is 2. The van der Waals surface area contributed by atoms with Gasteiger partial charge in [0, 0.05) is 42.4 Å². The molecule has 1 aromatic heterocycles. The molecule has 1 heterocycles. The van der Waals surface area contributed by atoms with Gasteiger partial charge in [-0.1, -0.05) is 12.1 Å². The Balaban J connectivity index is 1.98. The molecule has 1 aromatic carbocycles. The zero-order chi connectivity index (χ0) is 24.1. The molecule has 2 aromatic rings. The molecule has 0 radical (unpaired) electrons. The minimum atomic E-state index is -0.497. The number of nitrogens with one attached hydrogen (secondary N) is 3. The fourth-order valence-electron chi connectivity index (χ4n) is 3.21. The summed E-state index contributed by atoms with van der Waals surface area (Å²) in [6.45, 7) is 4.09. The Morgan fingerprint density at radius 2 is 2.00 bits per heavy atom. The van der Waals surface area contributed by atoms with Crippen molar-refractivity contribution in [2.45, 2.75) is 32.7 Å². The van der Waals surface area contributed by atoms with Crippen molar-refractivity contribution in [3.63, 3.8) is 0 Å². The Bertz CT molecular complexity index is 1100. The maximum atomic E-state index is 12.2. The van der Waals surface area contributed by atoms with E-state index in [4.69, 9.17) is 16.2 Å². The van der Waals surface area contributed by atoms with Crippen molar-refractivity contribution in [1.29, 1.82) is 0 Å². The molecule has 0 atom stereocenters. The zero-order valence-electron chi connectivity index (χ0n) is 19.3. The minimum Gasteiger partial charge on any atom is -0.494 e. The average molecular weight is 454 g/mol. The molecule has 1 aliphatic rings. The zero-order valence-corrected chi connectivity index (χ0v) is 19.3. The number of allylic oxidation sites excluding steroid dienone is 1. The molecule has 0 unspecified atom stereocenters. The van der Waals surface area contributed by atoms with Crippen LogP contribution in [0.5, 0.6) is 5.75 Å². The van der Waals surface area contributed by atoms with Crippen LogP contribution < -0.4 is 32.2 Å². The summed E-state index contributed by atoms with van der Waals surface area (Å²) in [6, 6.07) is 5.77. The molecule has 176 valence electrons. The van der Waals surface area contributed by atoms with Gasteiger partial charge >= 0.3 is 0 Å². The summed E-state index contributed by atoms with van der Waals surface area (Å²) in [5.74, 6) is -0.0458. The normalized spacial score (nSPS) is 14.5. The fraction of sp³-hybridized carbons (Fsp3) is 0.348. The Morgan fingerprint density at radius 3 is 2.58 bits per heavy atom. The molecule has 1 aliphatic carbocycles. The van der Waals surface area contributed by atoms with E-state index in [1.165, 1.54) is 13.1 Å². The van der Waals surface area contributed by atoms with Crippen LogP contribution in [0, 0.1) is 5.92 Å². The van der Waals surface area contributed by atoms with Gasteiger partial charge in [-0.25, -0.2) is 0 Å². The summed E-state index contributed by atoms with van der Waals surface area (Å²) in [6.07, 6.45) is 6.82. The van der Waals surface area contributed by atoms with E-state index in [0.29, 0.717) is 11.4 Å². The molecule has 0 aliphatic heterocycles. The number of benzene rings is 1. The predicted octanol–water partition coefficient (Wildman–Crippen LogP) is 1.79. The summed E-state index contributed by atoms with van der Waals surface area (Å²) in [7, 11) is 3.03. The number of carbonyl (C=O) groups is 2. The van der Waals surface area contributed by atoms with Crippen LogP contribution >= 0.6 is 0 Å². The van der Waals surface area contributed by atoms with Gasteiger partial charge in [-0.05, 0) is 32.8 Å². The van der Waals surface area contributed by atoms with Crippen molar-refractivity contribution in [3.05, 3.63) is 53.9 Å². The summed E-state index contributed by atoms with van der Waals surface area (Å²) < 4.78 is 7.55. The smallest absolute Gasteiger partial charge is 0.269 e. The van der Waals surface area contributed by atoms with Crippen molar-refractivity contribution in [2.24, 2.45) is 17.4 Å². The molecule has 0 spiro atoms. The predicted molar refractivity (Wildman–Crippen MR) is 127 cm³/mol. The molecule has 0 saturated heterocycles. The van der Waals surface area contributed by atoms with Crippen LogP contribution in [0.25, 0.3) is 11.1 Å². The van der Waals surface area contributed by atoms with Gasteiger partial charge in [0.1, 0.15) is 17.3 Å². The first kappa shape index (κ1) is 23.7. The van der Waals surface area contributed by atoms with E-state index >= 15 is 0 Å². The largest absolute Gasteiger partial charge is 0.494 e. The van der Waals surface area contributed by atoms with E-state index in [-0.39, 0.29) is 35.1 Å². The van der Waals surface area contributed by atoms with Crippen LogP contribution in [0.3, 0.4) is 0 Å². The quantitative estimate of drug-likeness (QED) is 0.287. The van der Waals surface area contributed by atoms with Gasteiger partial charge in [0.05, 0.1) is 24.7 Å². The van der Waals surface area contributed by atoms with Crippen molar-refractivity contribution in [2.75, 3.05) is 19.5 Å². The number of anilines is 1. The Labute approximate surface area is 193 Å². The first-order valence-corrected chi connectivity index (χ1v) is 10.7. The standard InChI is InChI=1S/C23H31N7O3/c1-13(2)30-12-15(11-27-30)16-6-5-7-17(21(16)33-4)28-18(20(25)23(32)26-3)10-19(24)29-22(31)14-8-9-14/h5-7,10-14,28H,8-9,24-25H2,1-4H3,(H,26,32)(H,29,31)/b19-10+,20-18+. The first-order chi connectivity index (χ1) is 15.7. The third kappa shape index (κ3) is 5.65. The van der Waals surface area contributed by atoms with Gasteiger partial charge in [-0.3, -0.25) is 14.3 Å². The summed E-state index contributed by atoms with van der Waals surface area (Å²) in [5.41, 5.74) is 14.5. The Hall–Kier alpha value is -3.95. The van der Waals surface area contributed by atoms with E-state index < -0.39 is 5.91 Å². The molecule has 10 heteroatoms. The van der Waals surface area contributed by atoms with Crippen LogP contribution in [-0.2, 0) is 9.59 Å². The molecule has 1 fully saturated rings. The monoisotopic (exact) mass is 453 g/mol. The van der Waals surface area contributed by atoms with Crippen LogP contribution in [-0.4, -0.2) is 35.8 Å². The fourth-order valence-corrected chi connectivity index (χ4v) is 3.21. The highest BCUT2D eigenvalue weighted by atomic mass is 16.5. The molecular formula is C23H31N7O3. The van der Waals surface area contributed by atoms with Gasteiger partial charge in [0.25, 0.3) is 5.91 Å². The van der Waals surface area contributed by atoms with Crippen LogP contribution in [0.2, 0.25) is 0 Å². The van der Waals surface area contributed by atoms with Gasteiger partial charge in [-0.15, -0.1) is 0 Å². The number of nitrogens with zero attached hydrogens (tertiary/aromatic N) is 2. The number of hydrogen-bond acceptors (Lipinski definition) is 7. The second-order valence-electron chi connectivity index (χ2n) is 8.08. The number of ether oxygens (including phenoxy) is 1. The van der Waals surface area contributed by atoms with E-state index in [9.17, 15) is 9.59 Å². The van der Waals surface area contributed by atoms with Gasteiger partial charge in [0.2, 0.25) is 5.91 Å². The third-order valence-corrected chi connectivity index (χ3v) is 5.21. The van der Waals surface area contributed by atoms with Gasteiger partial charge in [0.15, 0.2) is 0 Å². The molecule has 2 amide bonds. The van der Waals surface area contributed by atoms with Crippen molar-refractivity contribution >= 4 is 17.5 Å². The molecular weight excluding hydrogens is 422 g/mol. The number of likely N-dealkylation sites (N-methyl/N-ethyl adjacent to an activating group) is 1. The first-order valence-electron chi connectivity index (χ1n) is 10.7. The van der Waals surface area contributed by atoms with E-state index in [1.807, 2.05) is 36.9 Å². The van der Waals surface area contributed by atoms with Gasteiger partial charge in [-0.2, -0.15) is 5.10 Å². The number of carbonyl (C=O) groups excluding carboxylic acids is 2. The highest BCUT2D eigenvalue weighted by molar-refractivity contribution is 5.94. The Morgan fingerprint density at radius 1 is 1.27 bits per heavy atom. The summed E-state index contributed by atoms with van der Waals surface area (Å²) >= 11 is 0. The molecule has 1 saturated carbocycles. The number of amides is 2. The number of methoxy groups -OCH3 is 1. The number of rotatable bonds is 9. The topological polar surface area (TPSA) is 149 Å². The minimum absolute atomic E-state index is 0.0165. The molecule has 33 heavy (non-hydrogen) atoms. The maximum Gasteiger partial charge on any atom is 0.269 e.